The van der Waals surface area contributed by atoms with Crippen molar-refractivity contribution < 1.29 is 0 Å². The summed E-state index contributed by atoms with van der Waals surface area (Å²) in [6, 6.07) is 93.2. The highest BCUT2D eigenvalue weighted by Crippen LogP contribution is 2.57. The Morgan fingerprint density at radius 2 is 0.909 bits per heavy atom. The molecule has 0 saturated heterocycles. The molecular formula is C63H43N3. The van der Waals surface area contributed by atoms with Gasteiger partial charge < -0.3 is 14.0 Å². The smallest absolute Gasteiger partial charge is 0.0788 e. The molecule has 0 fully saturated rings. The van der Waals surface area contributed by atoms with Crippen LogP contribution in [0.1, 0.15) is 22.3 Å². The molecule has 0 unspecified atom stereocenters. The number of hydrogen-bond donors (Lipinski definition) is 0. The topological polar surface area (TPSA) is 13.1 Å². The van der Waals surface area contributed by atoms with Crippen molar-refractivity contribution in [3.05, 3.63) is 283 Å². The molecule has 0 saturated carbocycles. The van der Waals surface area contributed by atoms with Crippen molar-refractivity contribution in [2.45, 2.75) is 5.41 Å². The van der Waals surface area contributed by atoms with Gasteiger partial charge in [0, 0.05) is 50.8 Å². The van der Waals surface area contributed by atoms with E-state index in [4.69, 9.17) is 0 Å². The third-order valence-electron chi connectivity index (χ3n) is 13.8. The van der Waals surface area contributed by atoms with E-state index in [0.717, 1.165) is 28.4 Å². The van der Waals surface area contributed by atoms with Gasteiger partial charge in [0.1, 0.15) is 0 Å². The highest BCUT2D eigenvalue weighted by molar-refractivity contribution is 6.18. The number of rotatable bonds is 8. The van der Waals surface area contributed by atoms with E-state index in [1.165, 1.54) is 77.2 Å². The fourth-order valence-electron chi connectivity index (χ4n) is 10.9. The Hall–Kier alpha value is -8.66. The molecule has 0 spiro atoms. The first-order valence-corrected chi connectivity index (χ1v) is 22.8. The van der Waals surface area contributed by atoms with Gasteiger partial charge >= 0.3 is 0 Å². The highest BCUT2D eigenvalue weighted by Gasteiger charge is 2.46. The van der Waals surface area contributed by atoms with Gasteiger partial charge in [0.05, 0.1) is 22.0 Å². The molecular weight excluding hydrogens is 799 g/mol. The average molecular weight is 842 g/mol. The van der Waals surface area contributed by atoms with Crippen molar-refractivity contribution >= 4 is 49.8 Å². The summed E-state index contributed by atoms with van der Waals surface area (Å²) in [7, 11) is 0. The molecule has 1 aliphatic rings. The van der Waals surface area contributed by atoms with Gasteiger partial charge in [-0.25, -0.2) is 0 Å². The molecule has 3 nitrogen and oxygen atoms in total. The third kappa shape index (κ3) is 5.77. The van der Waals surface area contributed by atoms with E-state index >= 15 is 0 Å². The van der Waals surface area contributed by atoms with Gasteiger partial charge in [-0.15, -0.1) is 0 Å². The molecule has 3 heteroatoms. The monoisotopic (exact) mass is 841 g/mol. The van der Waals surface area contributed by atoms with Crippen molar-refractivity contribution in [2.24, 2.45) is 0 Å². The largest absolute Gasteiger partial charge is 0.315 e. The van der Waals surface area contributed by atoms with Crippen LogP contribution in [-0.4, -0.2) is 9.13 Å². The van der Waals surface area contributed by atoms with Crippen LogP contribution in [0.4, 0.5) is 17.1 Å². The van der Waals surface area contributed by atoms with E-state index in [9.17, 15) is 0 Å². The predicted molar refractivity (Wildman–Crippen MR) is 275 cm³/mol. The summed E-state index contributed by atoms with van der Waals surface area (Å²) >= 11 is 0. The molecule has 0 atom stereocenters. The van der Waals surface area contributed by atoms with Crippen LogP contribution < -0.4 is 4.90 Å². The number of aromatic nitrogens is 2. The molecule has 0 radical (unpaired) electrons. The lowest BCUT2D eigenvalue weighted by Gasteiger charge is -2.35. The van der Waals surface area contributed by atoms with Gasteiger partial charge in [0.15, 0.2) is 0 Å². The molecule has 66 heavy (non-hydrogen) atoms. The van der Waals surface area contributed by atoms with Gasteiger partial charge in [-0.05, 0) is 117 Å². The third-order valence-corrected chi connectivity index (χ3v) is 13.8. The van der Waals surface area contributed by atoms with Crippen molar-refractivity contribution in [1.29, 1.82) is 0 Å². The van der Waals surface area contributed by atoms with Crippen LogP contribution in [0.3, 0.4) is 0 Å². The molecule has 2 aromatic heterocycles. The van der Waals surface area contributed by atoms with E-state index in [1.807, 2.05) is 0 Å². The Kier molecular flexibility index (Phi) is 8.75. The Morgan fingerprint density at radius 1 is 0.348 bits per heavy atom. The molecule has 0 aliphatic heterocycles. The zero-order valence-electron chi connectivity index (χ0n) is 36.2. The summed E-state index contributed by atoms with van der Waals surface area (Å²) in [5, 5.41) is 3.69. The zero-order valence-corrected chi connectivity index (χ0v) is 36.2. The lowest BCUT2D eigenvalue weighted by atomic mass is 9.67. The maximum atomic E-state index is 2.45. The normalized spacial score (nSPS) is 12.7. The number of hydrogen-bond acceptors (Lipinski definition) is 1. The first-order valence-electron chi connectivity index (χ1n) is 22.8. The van der Waals surface area contributed by atoms with Crippen LogP contribution in [0.15, 0.2) is 261 Å². The molecule has 0 N–H and O–H groups in total. The first kappa shape index (κ1) is 37.9. The molecule has 1 aliphatic carbocycles. The standard InChI is InChI=1S/C63H43N3/c1-5-17-44(18-6-1)45-29-32-51(33-30-45)65(53-38-40-55-54-25-13-15-27-58(54)63(59(55)43-53,47-19-7-2-8-20-47)48-21-9-3-10-22-48)52-36-34-49(35-37-52)64-42-41-46-31-39-57-56-26-14-16-28-60(56)66(62(57)61(46)64)50-23-11-4-12-24-50/h1-43H. The van der Waals surface area contributed by atoms with E-state index in [-0.39, 0.29) is 0 Å². The van der Waals surface area contributed by atoms with Crippen molar-refractivity contribution in [1.82, 2.24) is 9.13 Å². The van der Waals surface area contributed by atoms with Crippen LogP contribution >= 0.6 is 0 Å². The second-order valence-corrected chi connectivity index (χ2v) is 17.3. The second kappa shape index (κ2) is 15.3. The summed E-state index contributed by atoms with van der Waals surface area (Å²) in [5.41, 5.74) is 18.6. The minimum absolute atomic E-state index is 0.514. The predicted octanol–water partition coefficient (Wildman–Crippen LogP) is 16.2. The SMILES string of the molecule is c1ccc(-c2ccc(N(c3ccc(-n4ccc5ccc6c7ccccc7n(-c7ccccc7)c6c54)cc3)c3ccc4c(c3)C(c3ccccc3)(c3ccccc3)c3ccccc3-4)cc2)cc1. The maximum Gasteiger partial charge on any atom is 0.0788 e. The molecule has 13 rings (SSSR count). The van der Waals surface area contributed by atoms with Crippen molar-refractivity contribution in [3.8, 4) is 33.6 Å². The van der Waals surface area contributed by atoms with Crippen LogP contribution in [0.25, 0.3) is 66.3 Å². The van der Waals surface area contributed by atoms with E-state index in [0.29, 0.717) is 0 Å². The maximum absolute atomic E-state index is 2.45. The molecule has 12 aromatic rings. The van der Waals surface area contributed by atoms with Crippen LogP contribution in [-0.2, 0) is 5.41 Å². The van der Waals surface area contributed by atoms with Crippen LogP contribution in [0.5, 0.6) is 0 Å². The molecule has 310 valence electrons. The summed E-state index contributed by atoms with van der Waals surface area (Å²) in [6.45, 7) is 0. The average Bonchev–Trinajstić information content (AvgIpc) is 4.07. The Labute approximate surface area is 384 Å². The molecule has 2 heterocycles. The van der Waals surface area contributed by atoms with Gasteiger partial charge in [0.2, 0.25) is 0 Å². The van der Waals surface area contributed by atoms with Gasteiger partial charge in [-0.3, -0.25) is 0 Å². The van der Waals surface area contributed by atoms with Crippen molar-refractivity contribution in [3.63, 3.8) is 0 Å². The van der Waals surface area contributed by atoms with Gasteiger partial charge in [0.25, 0.3) is 0 Å². The number of nitrogens with zero attached hydrogens (tertiary/aromatic N) is 3. The number of para-hydroxylation sites is 2. The number of benzene rings is 10. The number of anilines is 3. The summed E-state index contributed by atoms with van der Waals surface area (Å²) in [6.07, 6.45) is 2.22. The lowest BCUT2D eigenvalue weighted by Crippen LogP contribution is -2.28. The summed E-state index contributed by atoms with van der Waals surface area (Å²) < 4.78 is 4.79. The minimum Gasteiger partial charge on any atom is -0.315 e. The fourth-order valence-corrected chi connectivity index (χ4v) is 10.9. The Bertz CT molecular complexity index is 3680. The number of fused-ring (bicyclic) bond motifs is 8. The highest BCUT2D eigenvalue weighted by atomic mass is 15.1. The van der Waals surface area contributed by atoms with Crippen LogP contribution in [0.2, 0.25) is 0 Å². The molecule has 10 aromatic carbocycles. The quantitative estimate of drug-likeness (QED) is 0.149. The van der Waals surface area contributed by atoms with Crippen LogP contribution in [0, 0.1) is 0 Å². The van der Waals surface area contributed by atoms with Gasteiger partial charge in [-0.2, -0.15) is 0 Å². The summed E-state index contributed by atoms with van der Waals surface area (Å²) in [5.74, 6) is 0. The second-order valence-electron chi connectivity index (χ2n) is 17.3. The Morgan fingerprint density at radius 3 is 1.62 bits per heavy atom. The Balaban J connectivity index is 1.000. The fraction of sp³-hybridized carbons (Fsp3) is 0.0159. The molecule has 0 bridgehead atoms. The van der Waals surface area contributed by atoms with E-state index in [2.05, 4.69) is 275 Å². The summed E-state index contributed by atoms with van der Waals surface area (Å²) in [4.78, 5) is 2.42. The minimum atomic E-state index is -0.514. The lowest BCUT2D eigenvalue weighted by molar-refractivity contribution is 0.768. The van der Waals surface area contributed by atoms with Crippen molar-refractivity contribution in [2.75, 3.05) is 4.90 Å². The molecule has 0 amide bonds. The van der Waals surface area contributed by atoms with Gasteiger partial charge in [-0.1, -0.05) is 182 Å². The zero-order chi connectivity index (χ0) is 43.6. The van der Waals surface area contributed by atoms with E-state index in [1.54, 1.807) is 0 Å². The van der Waals surface area contributed by atoms with E-state index < -0.39 is 5.41 Å². The first-order chi connectivity index (χ1) is 32.8.